The third-order valence-corrected chi connectivity index (χ3v) is 5.03. The smallest absolute Gasteiger partial charge is 0.134 e. The van der Waals surface area contributed by atoms with Gasteiger partial charge in [-0.15, -0.1) is 0 Å². The van der Waals surface area contributed by atoms with E-state index in [2.05, 4.69) is 26.0 Å². The summed E-state index contributed by atoms with van der Waals surface area (Å²) in [6, 6.07) is 4.50. The molecule has 1 aromatic carbocycles. The molecule has 2 N–H and O–H groups in total. The highest BCUT2D eigenvalue weighted by Crippen LogP contribution is 2.33. The van der Waals surface area contributed by atoms with E-state index < -0.39 is 0 Å². The Labute approximate surface area is 133 Å². The Morgan fingerprint density at radius 2 is 1.76 bits per heavy atom. The first-order valence-corrected chi connectivity index (χ1v) is 7.93. The Hall–Kier alpha value is -0.770. The van der Waals surface area contributed by atoms with E-state index in [1.165, 1.54) is 43.5 Å². The molecule has 0 radical (unpaired) electrons. The van der Waals surface area contributed by atoms with Crippen LogP contribution in [0.25, 0.3) is 0 Å². The number of aliphatic hydroxyl groups is 1. The summed E-state index contributed by atoms with van der Waals surface area (Å²) >= 11 is 0. The van der Waals surface area contributed by atoms with E-state index in [1.54, 1.807) is 4.90 Å². The average Bonchev–Trinajstić information content (AvgIpc) is 2.61. The van der Waals surface area contributed by atoms with Gasteiger partial charge in [0.05, 0.1) is 19.7 Å². The molecular weight excluding hydrogens is 286 g/mol. The van der Waals surface area contributed by atoms with E-state index in [0.29, 0.717) is 6.04 Å². The fourth-order valence-corrected chi connectivity index (χ4v) is 3.64. The first-order chi connectivity index (χ1) is 9.66. The number of likely N-dealkylation sites (tertiary alicyclic amines) is 1. The fourth-order valence-electron chi connectivity index (χ4n) is 3.64. The first-order valence-electron chi connectivity index (χ1n) is 7.93. The predicted molar refractivity (Wildman–Crippen MR) is 79.3 cm³/mol. The summed E-state index contributed by atoms with van der Waals surface area (Å²) in [6.45, 7) is 7.32. The molecule has 4 heteroatoms. The van der Waals surface area contributed by atoms with Crippen LogP contribution in [0.15, 0.2) is 12.1 Å². The second-order valence-electron chi connectivity index (χ2n) is 6.38. The topological polar surface area (TPSA) is 33.9 Å². The van der Waals surface area contributed by atoms with Crippen LogP contribution in [0.5, 0.6) is 5.75 Å². The summed E-state index contributed by atoms with van der Waals surface area (Å²) < 4.78 is 5.90. The van der Waals surface area contributed by atoms with Crippen LogP contribution in [0.1, 0.15) is 48.5 Å². The van der Waals surface area contributed by atoms with Crippen molar-refractivity contribution in [1.82, 2.24) is 0 Å². The Balaban J connectivity index is 0.00000161. The van der Waals surface area contributed by atoms with Crippen LogP contribution in [0.2, 0.25) is 0 Å². The normalized spacial score (nSPS) is 26.2. The van der Waals surface area contributed by atoms with Crippen molar-refractivity contribution >= 4 is 0 Å². The van der Waals surface area contributed by atoms with Gasteiger partial charge in [-0.1, -0.05) is 0 Å². The molecule has 0 bridgehead atoms. The van der Waals surface area contributed by atoms with Crippen molar-refractivity contribution in [3.05, 3.63) is 28.8 Å². The van der Waals surface area contributed by atoms with Crippen LogP contribution in [-0.2, 0) is 0 Å². The zero-order chi connectivity index (χ0) is 14.1. The summed E-state index contributed by atoms with van der Waals surface area (Å²) in [6.07, 6.45) is 4.49. The number of hydrogen-bond acceptors (Lipinski definition) is 2. The number of halogens is 1. The van der Waals surface area contributed by atoms with Crippen LogP contribution in [-0.4, -0.2) is 30.8 Å². The van der Waals surface area contributed by atoms with E-state index in [-0.39, 0.29) is 18.5 Å². The number of quaternary nitrogens is 1. The minimum Gasteiger partial charge on any atom is -1.00 e. The fraction of sp³-hybridized carbons (Fsp3) is 0.647. The lowest BCUT2D eigenvalue weighted by Gasteiger charge is -2.33. The van der Waals surface area contributed by atoms with Gasteiger partial charge in [0.25, 0.3) is 0 Å². The van der Waals surface area contributed by atoms with Crippen molar-refractivity contribution in [3.8, 4) is 5.75 Å². The van der Waals surface area contributed by atoms with Crippen LogP contribution >= 0.6 is 0 Å². The molecule has 0 aromatic heterocycles. The second-order valence-corrected chi connectivity index (χ2v) is 6.38. The summed E-state index contributed by atoms with van der Waals surface area (Å²) in [5.41, 5.74) is 3.47. The molecule has 2 heterocycles. The molecule has 1 saturated heterocycles. The highest BCUT2D eigenvalue weighted by atomic mass is 35.5. The van der Waals surface area contributed by atoms with Crippen molar-refractivity contribution in [2.45, 2.75) is 51.7 Å². The van der Waals surface area contributed by atoms with E-state index >= 15 is 0 Å². The van der Waals surface area contributed by atoms with Gasteiger partial charge >= 0.3 is 0 Å². The summed E-state index contributed by atoms with van der Waals surface area (Å²) in [7, 11) is 0. The monoisotopic (exact) mass is 311 g/mol. The zero-order valence-corrected chi connectivity index (χ0v) is 13.7. The molecule has 118 valence electrons. The summed E-state index contributed by atoms with van der Waals surface area (Å²) in [4.78, 5) is 1.57. The Kier molecular flexibility index (Phi) is 5.53. The number of aryl methyl sites for hydroxylation is 2. The van der Waals surface area contributed by atoms with Crippen molar-refractivity contribution in [1.29, 1.82) is 0 Å². The Morgan fingerprint density at radius 3 is 2.48 bits per heavy atom. The number of piperidine rings is 1. The molecule has 21 heavy (non-hydrogen) atoms. The maximum atomic E-state index is 10.9. The van der Waals surface area contributed by atoms with Gasteiger partial charge < -0.3 is 27.2 Å². The van der Waals surface area contributed by atoms with Crippen LogP contribution < -0.4 is 22.0 Å². The van der Waals surface area contributed by atoms with Crippen molar-refractivity contribution in [2.75, 3.05) is 19.7 Å². The second kappa shape index (κ2) is 6.99. The highest BCUT2D eigenvalue weighted by Gasteiger charge is 2.35. The zero-order valence-electron chi connectivity index (χ0n) is 13.0. The number of nitrogens with one attached hydrogen (secondary N) is 1. The van der Waals surface area contributed by atoms with Crippen LogP contribution in [0, 0.1) is 13.8 Å². The molecule has 1 aromatic rings. The molecule has 0 amide bonds. The molecule has 0 unspecified atom stereocenters. The lowest BCUT2D eigenvalue weighted by atomic mass is 9.94. The van der Waals surface area contributed by atoms with Crippen molar-refractivity contribution in [3.63, 3.8) is 0 Å². The maximum Gasteiger partial charge on any atom is 0.134 e. The molecule has 3 rings (SSSR count). The van der Waals surface area contributed by atoms with Crippen LogP contribution in [0.4, 0.5) is 0 Å². The van der Waals surface area contributed by atoms with Gasteiger partial charge in [0.2, 0.25) is 0 Å². The predicted octanol–water partition coefficient (Wildman–Crippen LogP) is -1.44. The molecule has 3 nitrogen and oxygen atoms in total. The number of ether oxygens (including phenoxy) is 1. The number of benzene rings is 1. The first kappa shape index (κ1) is 16.6. The van der Waals surface area contributed by atoms with Gasteiger partial charge in [0, 0.05) is 12.0 Å². The number of fused-ring (bicyclic) bond motifs is 1. The minimum atomic E-state index is -0.389. The molecule has 2 atom stereocenters. The third kappa shape index (κ3) is 3.36. The molecule has 2 aliphatic rings. The van der Waals surface area contributed by atoms with E-state index in [4.69, 9.17) is 4.74 Å². The average molecular weight is 312 g/mol. The number of rotatable bonds is 1. The van der Waals surface area contributed by atoms with Gasteiger partial charge in [-0.25, -0.2) is 0 Å². The molecule has 1 fully saturated rings. The third-order valence-electron chi connectivity index (χ3n) is 5.03. The molecule has 0 spiro atoms. The van der Waals surface area contributed by atoms with Gasteiger partial charge in [0.1, 0.15) is 17.9 Å². The van der Waals surface area contributed by atoms with E-state index in [9.17, 15) is 5.11 Å². The van der Waals surface area contributed by atoms with E-state index in [0.717, 1.165) is 24.3 Å². The SMILES string of the molecule is Cc1cc2c(cc1C)[C@H](O)[C@@H]([NH+]1CCCCC1)CCO2.[Cl-]. The summed E-state index contributed by atoms with van der Waals surface area (Å²) in [5.74, 6) is 0.888. The molecule has 0 aliphatic carbocycles. The number of hydrogen-bond donors (Lipinski definition) is 2. The summed E-state index contributed by atoms with van der Waals surface area (Å²) in [5, 5.41) is 10.9. The maximum absolute atomic E-state index is 10.9. The van der Waals surface area contributed by atoms with Crippen LogP contribution in [0.3, 0.4) is 0 Å². The van der Waals surface area contributed by atoms with Gasteiger partial charge in [0.15, 0.2) is 0 Å². The van der Waals surface area contributed by atoms with Gasteiger partial charge in [-0.3, -0.25) is 0 Å². The standard InChI is InChI=1S/C17H25NO2.ClH/c1-12-10-14-16(11-13(12)2)20-9-6-15(17(14)19)18-7-4-3-5-8-18;/h10-11,15,17,19H,3-9H2,1-2H3;1H/t15-,17-;/m0./s1. The highest BCUT2D eigenvalue weighted by molar-refractivity contribution is 5.43. The minimum absolute atomic E-state index is 0. The molecule has 2 aliphatic heterocycles. The van der Waals surface area contributed by atoms with Crippen molar-refractivity contribution < 1.29 is 27.2 Å². The van der Waals surface area contributed by atoms with E-state index in [1.807, 2.05) is 0 Å². The lowest BCUT2D eigenvalue weighted by Crippen LogP contribution is -3.17. The molecule has 0 saturated carbocycles. The largest absolute Gasteiger partial charge is 1.00 e. The quantitative estimate of drug-likeness (QED) is 0.666. The Bertz CT molecular complexity index is 486. The lowest BCUT2D eigenvalue weighted by molar-refractivity contribution is -0.934. The number of aliphatic hydroxyl groups excluding tert-OH is 1. The van der Waals surface area contributed by atoms with Gasteiger partial charge in [-0.2, -0.15) is 0 Å². The Morgan fingerprint density at radius 1 is 1.10 bits per heavy atom. The molecular formula is C17H26ClNO2. The van der Waals surface area contributed by atoms with Gasteiger partial charge in [-0.05, 0) is 56.4 Å². The van der Waals surface area contributed by atoms with Crippen molar-refractivity contribution in [2.24, 2.45) is 0 Å².